The summed E-state index contributed by atoms with van der Waals surface area (Å²) in [4.78, 5) is 39.8. The van der Waals surface area contributed by atoms with Crippen molar-refractivity contribution in [2.24, 2.45) is 4.99 Å². The lowest BCUT2D eigenvalue weighted by molar-refractivity contribution is -0.141. The molecule has 158 valence electrons. The Bertz CT molecular complexity index is 1130. The lowest BCUT2D eigenvalue weighted by Crippen LogP contribution is -2.29. The Hall–Kier alpha value is -3.96. The summed E-state index contributed by atoms with van der Waals surface area (Å²) in [5.74, 6) is -0.668. The third kappa shape index (κ3) is 5.78. The third-order valence-corrected chi connectivity index (χ3v) is 4.71. The minimum atomic E-state index is -0.571. The maximum absolute atomic E-state index is 13.2. The van der Waals surface area contributed by atoms with E-state index in [4.69, 9.17) is 9.47 Å². The van der Waals surface area contributed by atoms with Gasteiger partial charge in [-0.15, -0.1) is 0 Å². The molecular weight excluding hydrogens is 396 g/mol. The number of aliphatic imine (C=N–C) groups is 1. The van der Waals surface area contributed by atoms with E-state index in [2.05, 4.69) is 4.99 Å². The normalized spacial score (nSPS) is 10.2. The van der Waals surface area contributed by atoms with Crippen molar-refractivity contribution in [1.82, 2.24) is 4.57 Å². The van der Waals surface area contributed by atoms with Crippen LogP contribution in [0.25, 0.3) is 0 Å². The van der Waals surface area contributed by atoms with Crippen LogP contribution in [0.15, 0.2) is 76.5 Å². The predicted molar refractivity (Wildman–Crippen MR) is 115 cm³/mol. The fraction of sp³-hybridized carbons (Fsp3) is 0.208. The molecule has 1 heterocycles. The molecule has 0 amide bonds. The van der Waals surface area contributed by atoms with E-state index in [1.807, 2.05) is 60.7 Å². The molecule has 31 heavy (non-hydrogen) atoms. The highest BCUT2D eigenvalue weighted by Crippen LogP contribution is 2.26. The fourth-order valence-corrected chi connectivity index (χ4v) is 3.17. The molecule has 0 saturated heterocycles. The molecule has 0 aliphatic heterocycles. The minimum Gasteiger partial charge on any atom is -0.486 e. The number of methoxy groups -OCH3 is 1. The molecule has 0 N–H and O–H groups in total. The number of ether oxygens (including phenoxy) is 2. The highest BCUT2D eigenvalue weighted by Gasteiger charge is 2.19. The number of carbonyl (C=O) groups is 1. The standard InChI is InChI=1S/C24H22N2O5/c1-30-22(28)16-26-20(14-19-10-6-3-7-11-19)15-21(25-17-27)23(24(26)29)31-13-12-18-8-4-2-5-9-18/h2-11,15H,12-14,16H2,1H3. The van der Waals surface area contributed by atoms with Gasteiger partial charge in [-0.2, -0.15) is 4.99 Å². The summed E-state index contributed by atoms with van der Waals surface area (Å²) in [6, 6.07) is 20.7. The molecule has 3 aromatic rings. The first-order valence-corrected chi connectivity index (χ1v) is 9.74. The van der Waals surface area contributed by atoms with E-state index >= 15 is 0 Å². The number of aromatic nitrogens is 1. The Balaban J connectivity index is 1.98. The zero-order chi connectivity index (χ0) is 22.1. The van der Waals surface area contributed by atoms with Crippen molar-refractivity contribution in [2.75, 3.05) is 13.7 Å². The molecule has 0 saturated carbocycles. The topological polar surface area (TPSA) is 87.0 Å². The van der Waals surface area contributed by atoms with Crippen LogP contribution in [0.3, 0.4) is 0 Å². The Labute approximate surface area is 179 Å². The summed E-state index contributed by atoms with van der Waals surface area (Å²) in [5, 5.41) is 0. The molecule has 0 bridgehead atoms. The van der Waals surface area contributed by atoms with Crippen molar-refractivity contribution >= 4 is 17.7 Å². The van der Waals surface area contributed by atoms with E-state index in [1.165, 1.54) is 17.8 Å². The number of hydrogen-bond acceptors (Lipinski definition) is 6. The molecule has 2 aromatic carbocycles. The first-order chi connectivity index (χ1) is 15.1. The Kier molecular flexibility index (Phi) is 7.51. The monoisotopic (exact) mass is 418 g/mol. The SMILES string of the molecule is COC(=O)Cn1c(Cc2ccccc2)cc(N=C=O)c(OCCc2ccccc2)c1=O. The molecule has 0 aliphatic carbocycles. The fourth-order valence-electron chi connectivity index (χ4n) is 3.17. The number of hydrogen-bond donors (Lipinski definition) is 0. The summed E-state index contributed by atoms with van der Waals surface area (Å²) in [6.07, 6.45) is 2.40. The van der Waals surface area contributed by atoms with Crippen LogP contribution in [0.2, 0.25) is 0 Å². The van der Waals surface area contributed by atoms with Gasteiger partial charge >= 0.3 is 5.97 Å². The van der Waals surface area contributed by atoms with E-state index in [9.17, 15) is 14.4 Å². The number of nitrogens with zero attached hydrogens (tertiary/aromatic N) is 2. The summed E-state index contributed by atoms with van der Waals surface area (Å²) in [7, 11) is 1.26. The number of isocyanates is 1. The van der Waals surface area contributed by atoms with Crippen molar-refractivity contribution in [1.29, 1.82) is 0 Å². The van der Waals surface area contributed by atoms with Gasteiger partial charge in [0.05, 0.1) is 13.7 Å². The smallest absolute Gasteiger partial charge is 0.325 e. The number of esters is 1. The Morgan fingerprint density at radius 3 is 2.29 bits per heavy atom. The molecule has 0 spiro atoms. The minimum absolute atomic E-state index is 0.0834. The molecule has 0 unspecified atom stereocenters. The van der Waals surface area contributed by atoms with Gasteiger partial charge in [0, 0.05) is 18.5 Å². The molecule has 0 radical (unpaired) electrons. The largest absolute Gasteiger partial charge is 0.486 e. The highest BCUT2D eigenvalue weighted by atomic mass is 16.5. The van der Waals surface area contributed by atoms with Crippen molar-refractivity contribution in [3.05, 3.63) is 93.9 Å². The van der Waals surface area contributed by atoms with Crippen LogP contribution in [0.4, 0.5) is 5.69 Å². The predicted octanol–water partition coefficient (Wildman–Crippen LogP) is 3.20. The third-order valence-electron chi connectivity index (χ3n) is 4.71. The second-order valence-electron chi connectivity index (χ2n) is 6.77. The summed E-state index contributed by atoms with van der Waals surface area (Å²) >= 11 is 0. The van der Waals surface area contributed by atoms with Crippen LogP contribution >= 0.6 is 0 Å². The molecule has 0 aliphatic rings. The quantitative estimate of drug-likeness (QED) is 0.303. The van der Waals surface area contributed by atoms with Gasteiger partial charge in [-0.25, -0.2) is 4.79 Å². The van der Waals surface area contributed by atoms with E-state index in [-0.39, 0.29) is 24.6 Å². The van der Waals surface area contributed by atoms with Crippen LogP contribution < -0.4 is 10.3 Å². The Morgan fingerprint density at radius 1 is 1.03 bits per heavy atom. The van der Waals surface area contributed by atoms with Gasteiger partial charge in [-0.05, 0) is 17.2 Å². The molecule has 0 atom stereocenters. The van der Waals surface area contributed by atoms with E-state index in [1.54, 1.807) is 6.07 Å². The average molecular weight is 418 g/mol. The number of benzene rings is 2. The number of carbonyl (C=O) groups excluding carboxylic acids is 2. The zero-order valence-electron chi connectivity index (χ0n) is 17.1. The zero-order valence-corrected chi connectivity index (χ0v) is 17.1. The van der Waals surface area contributed by atoms with Gasteiger partial charge in [-0.3, -0.25) is 14.2 Å². The van der Waals surface area contributed by atoms with Crippen LogP contribution in [0, 0.1) is 0 Å². The summed E-state index contributed by atoms with van der Waals surface area (Å²) < 4.78 is 11.8. The van der Waals surface area contributed by atoms with Gasteiger partial charge in [0.25, 0.3) is 5.56 Å². The number of rotatable bonds is 9. The lowest BCUT2D eigenvalue weighted by atomic mass is 10.1. The molecule has 3 rings (SSSR count). The average Bonchev–Trinajstić information content (AvgIpc) is 2.79. The van der Waals surface area contributed by atoms with Gasteiger partial charge in [0.1, 0.15) is 12.2 Å². The highest BCUT2D eigenvalue weighted by molar-refractivity contribution is 5.69. The van der Waals surface area contributed by atoms with Gasteiger partial charge < -0.3 is 9.47 Å². The van der Waals surface area contributed by atoms with Crippen molar-refractivity contribution in [3.63, 3.8) is 0 Å². The van der Waals surface area contributed by atoms with Crippen LogP contribution in [0.1, 0.15) is 16.8 Å². The summed E-state index contributed by atoms with van der Waals surface area (Å²) in [5.41, 5.74) is 2.00. The molecule has 7 nitrogen and oxygen atoms in total. The van der Waals surface area contributed by atoms with E-state index in [0.29, 0.717) is 18.5 Å². The van der Waals surface area contributed by atoms with Crippen molar-refractivity contribution < 1.29 is 19.1 Å². The maximum atomic E-state index is 13.2. The van der Waals surface area contributed by atoms with Gasteiger partial charge in [0.15, 0.2) is 0 Å². The van der Waals surface area contributed by atoms with Gasteiger partial charge in [0.2, 0.25) is 11.8 Å². The summed E-state index contributed by atoms with van der Waals surface area (Å²) in [6.45, 7) is -0.0749. The molecule has 7 heteroatoms. The van der Waals surface area contributed by atoms with Crippen LogP contribution in [0.5, 0.6) is 5.75 Å². The first kappa shape index (κ1) is 21.7. The van der Waals surface area contributed by atoms with E-state index < -0.39 is 11.5 Å². The molecular formula is C24H22N2O5. The first-order valence-electron chi connectivity index (χ1n) is 9.74. The lowest BCUT2D eigenvalue weighted by Gasteiger charge is -2.16. The number of pyridine rings is 1. The Morgan fingerprint density at radius 2 is 1.68 bits per heavy atom. The molecule has 0 fully saturated rings. The maximum Gasteiger partial charge on any atom is 0.325 e. The van der Waals surface area contributed by atoms with Crippen LogP contribution in [-0.4, -0.2) is 30.3 Å². The second kappa shape index (κ2) is 10.7. The molecule has 1 aromatic heterocycles. The second-order valence-corrected chi connectivity index (χ2v) is 6.77. The van der Waals surface area contributed by atoms with Gasteiger partial charge in [-0.1, -0.05) is 60.7 Å². The van der Waals surface area contributed by atoms with E-state index in [0.717, 1.165) is 11.1 Å². The van der Waals surface area contributed by atoms with Crippen molar-refractivity contribution in [2.45, 2.75) is 19.4 Å². The van der Waals surface area contributed by atoms with Crippen LogP contribution in [-0.2, 0) is 33.7 Å². The van der Waals surface area contributed by atoms with Crippen molar-refractivity contribution in [3.8, 4) is 5.75 Å².